The summed E-state index contributed by atoms with van der Waals surface area (Å²) < 4.78 is 25.9. The molecule has 0 aliphatic carbocycles. The molecule has 3 N–H and O–H groups in total. The maximum atomic E-state index is 12.9. The smallest absolute Gasteiger partial charge is 0.326 e. The quantitative estimate of drug-likeness (QED) is 0.778. The minimum Gasteiger partial charge on any atom is -0.480 e. The Morgan fingerprint density at radius 3 is 2.20 bits per heavy atom. The summed E-state index contributed by atoms with van der Waals surface area (Å²) in [5.41, 5.74) is -0.0892. The number of carbonyl (C=O) groups excluding carboxylic acids is 1. The Labute approximate surface area is 115 Å². The summed E-state index contributed by atoms with van der Waals surface area (Å²) in [6, 6.07) is 0.639. The molecule has 1 rings (SSSR count). The number of hydrogen-bond donors (Lipinski definition) is 3. The molecule has 0 bridgehead atoms. The number of carboxylic acids is 1. The second-order valence-corrected chi connectivity index (χ2v) is 4.78. The first-order valence-electron chi connectivity index (χ1n) is 6.04. The molecule has 110 valence electrons. The Bertz CT molecular complexity index is 486. The van der Waals surface area contributed by atoms with Crippen molar-refractivity contribution in [2.75, 3.05) is 5.32 Å². The molecule has 0 spiro atoms. The molecular weight excluding hydrogens is 270 g/mol. The summed E-state index contributed by atoms with van der Waals surface area (Å²) in [4.78, 5) is 22.6. The fraction of sp³-hybridized carbons (Fsp3) is 0.385. The van der Waals surface area contributed by atoms with Gasteiger partial charge in [0.2, 0.25) is 0 Å². The molecule has 0 aliphatic rings. The molecule has 7 heteroatoms. The summed E-state index contributed by atoms with van der Waals surface area (Å²) in [5, 5.41) is 13.4. The van der Waals surface area contributed by atoms with E-state index in [2.05, 4.69) is 10.6 Å². The van der Waals surface area contributed by atoms with Crippen LogP contribution < -0.4 is 10.6 Å². The van der Waals surface area contributed by atoms with Crippen LogP contribution in [0.5, 0.6) is 0 Å². The molecule has 5 nitrogen and oxygen atoms in total. The number of carbonyl (C=O) groups is 2. The number of rotatable bonds is 5. The van der Waals surface area contributed by atoms with Crippen molar-refractivity contribution in [2.24, 2.45) is 5.92 Å². The van der Waals surface area contributed by atoms with Gasteiger partial charge in [0.15, 0.2) is 0 Å². The highest BCUT2D eigenvalue weighted by atomic mass is 19.1. The normalized spacial score (nSPS) is 12.1. The zero-order valence-electron chi connectivity index (χ0n) is 11.1. The monoisotopic (exact) mass is 286 g/mol. The van der Waals surface area contributed by atoms with Crippen molar-refractivity contribution in [1.82, 2.24) is 5.32 Å². The second kappa shape index (κ2) is 6.83. The molecule has 1 atom stereocenters. The van der Waals surface area contributed by atoms with E-state index in [1.165, 1.54) is 0 Å². The maximum Gasteiger partial charge on any atom is 0.326 e. The van der Waals surface area contributed by atoms with E-state index in [1.54, 1.807) is 0 Å². The van der Waals surface area contributed by atoms with E-state index in [0.29, 0.717) is 6.07 Å². The van der Waals surface area contributed by atoms with E-state index in [1.807, 2.05) is 13.8 Å². The lowest BCUT2D eigenvalue weighted by atomic mass is 10.0. The van der Waals surface area contributed by atoms with Gasteiger partial charge in [-0.15, -0.1) is 0 Å². The number of aliphatic carboxylic acids is 1. The Morgan fingerprint density at radius 1 is 1.20 bits per heavy atom. The summed E-state index contributed by atoms with van der Waals surface area (Å²) >= 11 is 0. The fourth-order valence-corrected chi connectivity index (χ4v) is 1.64. The van der Waals surface area contributed by atoms with Gasteiger partial charge in [-0.3, -0.25) is 0 Å². The molecule has 0 aliphatic heterocycles. The van der Waals surface area contributed by atoms with Crippen molar-refractivity contribution in [3.8, 4) is 0 Å². The molecule has 0 radical (unpaired) electrons. The van der Waals surface area contributed by atoms with Gasteiger partial charge in [0.05, 0.1) is 0 Å². The van der Waals surface area contributed by atoms with Crippen LogP contribution in [0.4, 0.5) is 19.3 Å². The number of benzene rings is 1. The molecule has 1 aromatic carbocycles. The lowest BCUT2D eigenvalue weighted by Crippen LogP contribution is -2.43. The van der Waals surface area contributed by atoms with Crippen molar-refractivity contribution in [3.63, 3.8) is 0 Å². The van der Waals surface area contributed by atoms with Crippen molar-refractivity contribution >= 4 is 17.7 Å². The van der Waals surface area contributed by atoms with Crippen molar-refractivity contribution in [1.29, 1.82) is 0 Å². The van der Waals surface area contributed by atoms with Crippen molar-refractivity contribution in [3.05, 3.63) is 29.8 Å². The Hall–Kier alpha value is -2.18. The maximum absolute atomic E-state index is 12.9. The van der Waals surface area contributed by atoms with Crippen LogP contribution in [-0.2, 0) is 4.79 Å². The van der Waals surface area contributed by atoms with E-state index in [9.17, 15) is 18.4 Å². The van der Waals surface area contributed by atoms with Gasteiger partial charge in [0, 0.05) is 11.8 Å². The van der Waals surface area contributed by atoms with Gasteiger partial charge in [-0.1, -0.05) is 13.8 Å². The van der Waals surface area contributed by atoms with Crippen molar-refractivity contribution in [2.45, 2.75) is 26.3 Å². The van der Waals surface area contributed by atoms with Gasteiger partial charge in [-0.2, -0.15) is 0 Å². The van der Waals surface area contributed by atoms with Gasteiger partial charge in [-0.25, -0.2) is 18.4 Å². The molecule has 2 amide bonds. The number of urea groups is 1. The third-order valence-electron chi connectivity index (χ3n) is 2.43. The molecule has 1 aromatic rings. The van der Waals surface area contributed by atoms with Crippen LogP contribution >= 0.6 is 0 Å². The minimum atomic E-state index is -1.17. The average molecular weight is 286 g/mol. The molecule has 20 heavy (non-hydrogen) atoms. The van der Waals surface area contributed by atoms with E-state index in [-0.39, 0.29) is 18.0 Å². The van der Waals surface area contributed by atoms with Gasteiger partial charge in [0.25, 0.3) is 0 Å². The third kappa shape index (κ3) is 5.21. The highest BCUT2D eigenvalue weighted by Gasteiger charge is 2.21. The number of hydrogen-bond acceptors (Lipinski definition) is 2. The molecule has 0 saturated carbocycles. The zero-order chi connectivity index (χ0) is 15.3. The molecule has 0 heterocycles. The highest BCUT2D eigenvalue weighted by Crippen LogP contribution is 2.13. The molecule has 0 fully saturated rings. The second-order valence-electron chi connectivity index (χ2n) is 4.78. The number of anilines is 1. The summed E-state index contributed by atoms with van der Waals surface area (Å²) in [5.74, 6) is -2.77. The zero-order valence-corrected chi connectivity index (χ0v) is 11.1. The first-order valence-corrected chi connectivity index (χ1v) is 6.04. The largest absolute Gasteiger partial charge is 0.480 e. The van der Waals surface area contributed by atoms with E-state index in [0.717, 1.165) is 12.1 Å². The summed E-state index contributed by atoms with van der Waals surface area (Å²) in [7, 11) is 0. The molecule has 0 saturated heterocycles. The predicted molar refractivity (Wildman–Crippen MR) is 69.4 cm³/mol. The van der Waals surface area contributed by atoms with E-state index in [4.69, 9.17) is 5.11 Å². The predicted octanol–water partition coefficient (Wildman–Crippen LogP) is 2.59. The Kier molecular flexibility index (Phi) is 5.42. The van der Waals surface area contributed by atoms with Crippen molar-refractivity contribution < 1.29 is 23.5 Å². The van der Waals surface area contributed by atoms with Crippen LogP contribution in [0.1, 0.15) is 20.3 Å². The minimum absolute atomic E-state index is 0.0722. The Balaban J connectivity index is 2.68. The molecular formula is C13H16F2N2O3. The third-order valence-corrected chi connectivity index (χ3v) is 2.43. The SMILES string of the molecule is CC(C)CC(NC(=O)Nc1cc(F)cc(F)c1)C(=O)O. The standard InChI is InChI=1S/C13H16F2N2O3/c1-7(2)3-11(12(18)19)17-13(20)16-10-5-8(14)4-9(15)6-10/h4-7,11H,3H2,1-2H3,(H,18,19)(H2,16,17,20). The fourth-order valence-electron chi connectivity index (χ4n) is 1.64. The average Bonchev–Trinajstić information content (AvgIpc) is 2.25. The van der Waals surface area contributed by atoms with Crippen LogP contribution in [0.2, 0.25) is 0 Å². The Morgan fingerprint density at radius 2 is 1.75 bits per heavy atom. The van der Waals surface area contributed by atoms with Crippen LogP contribution in [-0.4, -0.2) is 23.1 Å². The highest BCUT2D eigenvalue weighted by molar-refractivity contribution is 5.92. The van der Waals surface area contributed by atoms with Gasteiger partial charge in [-0.05, 0) is 24.5 Å². The lowest BCUT2D eigenvalue weighted by molar-refractivity contribution is -0.139. The topological polar surface area (TPSA) is 78.4 Å². The molecule has 0 aromatic heterocycles. The number of carboxylic acid groups (broad SMARTS) is 1. The van der Waals surface area contributed by atoms with E-state index >= 15 is 0 Å². The van der Waals surface area contributed by atoms with Gasteiger partial charge >= 0.3 is 12.0 Å². The number of halogens is 2. The summed E-state index contributed by atoms with van der Waals surface area (Å²) in [6.07, 6.45) is 0.250. The van der Waals surface area contributed by atoms with Gasteiger partial charge < -0.3 is 15.7 Å². The van der Waals surface area contributed by atoms with Gasteiger partial charge in [0.1, 0.15) is 17.7 Å². The number of nitrogens with one attached hydrogen (secondary N) is 2. The first-order chi connectivity index (χ1) is 9.27. The molecule has 1 unspecified atom stereocenters. The number of amides is 2. The van der Waals surface area contributed by atoms with E-state index < -0.39 is 29.7 Å². The van der Waals surface area contributed by atoms with Crippen LogP contribution in [0.15, 0.2) is 18.2 Å². The first kappa shape index (κ1) is 15.9. The van der Waals surface area contributed by atoms with Crippen LogP contribution in [0, 0.1) is 17.6 Å². The van der Waals surface area contributed by atoms with Crippen LogP contribution in [0.3, 0.4) is 0 Å². The van der Waals surface area contributed by atoms with Crippen LogP contribution in [0.25, 0.3) is 0 Å². The lowest BCUT2D eigenvalue weighted by Gasteiger charge is -2.17. The summed E-state index contributed by atoms with van der Waals surface area (Å²) in [6.45, 7) is 3.63.